The van der Waals surface area contributed by atoms with Crippen molar-refractivity contribution in [2.45, 2.75) is 0 Å². The van der Waals surface area contributed by atoms with Crippen molar-refractivity contribution in [2.75, 3.05) is 26.9 Å². The van der Waals surface area contributed by atoms with Gasteiger partial charge in [0.2, 0.25) is 0 Å². The number of para-hydroxylation sites is 1. The standard InChI is InChI=1S/C24H23BrN2O5/c1-30-13-14-31-22-12-11-18(25)15-20(22)24(29)27-26-23(28)16-32-21-10-6-5-9-19(21)17-7-3-2-4-8-17/h2-12,15H,13-14,16H2,1H3,(H,26,28)(H,27,29). The van der Waals surface area contributed by atoms with Crippen LogP contribution < -0.4 is 20.3 Å². The summed E-state index contributed by atoms with van der Waals surface area (Å²) < 4.78 is 16.9. The van der Waals surface area contributed by atoms with E-state index < -0.39 is 11.8 Å². The second kappa shape index (κ2) is 11.9. The van der Waals surface area contributed by atoms with E-state index in [1.165, 1.54) is 0 Å². The number of hydrogen-bond acceptors (Lipinski definition) is 5. The molecule has 0 saturated carbocycles. The summed E-state index contributed by atoms with van der Waals surface area (Å²) in [5, 5.41) is 0. The lowest BCUT2D eigenvalue weighted by Gasteiger charge is -2.14. The molecule has 0 atom stereocenters. The Kier molecular flexibility index (Phi) is 8.65. The smallest absolute Gasteiger partial charge is 0.276 e. The summed E-state index contributed by atoms with van der Waals surface area (Å²) in [6.45, 7) is 0.412. The molecule has 3 rings (SSSR count). The maximum absolute atomic E-state index is 12.6. The monoisotopic (exact) mass is 498 g/mol. The minimum Gasteiger partial charge on any atom is -0.490 e. The van der Waals surface area contributed by atoms with Crippen LogP contribution in [0.1, 0.15) is 10.4 Å². The van der Waals surface area contributed by atoms with Crippen LogP contribution >= 0.6 is 15.9 Å². The van der Waals surface area contributed by atoms with Crippen LogP contribution in [0.15, 0.2) is 77.3 Å². The molecule has 0 saturated heterocycles. The Bertz CT molecular complexity index is 1060. The van der Waals surface area contributed by atoms with Gasteiger partial charge >= 0.3 is 0 Å². The first-order chi connectivity index (χ1) is 15.6. The molecule has 166 valence electrons. The summed E-state index contributed by atoms with van der Waals surface area (Å²) in [7, 11) is 1.56. The molecular weight excluding hydrogens is 476 g/mol. The maximum Gasteiger partial charge on any atom is 0.276 e. The predicted molar refractivity (Wildman–Crippen MR) is 124 cm³/mol. The number of halogens is 1. The largest absolute Gasteiger partial charge is 0.490 e. The van der Waals surface area contributed by atoms with E-state index in [2.05, 4.69) is 26.8 Å². The van der Waals surface area contributed by atoms with Gasteiger partial charge in [0, 0.05) is 17.1 Å². The Labute approximate surface area is 194 Å². The summed E-state index contributed by atoms with van der Waals surface area (Å²) in [6.07, 6.45) is 0. The van der Waals surface area contributed by atoms with Crippen molar-refractivity contribution < 1.29 is 23.8 Å². The second-order valence-electron chi connectivity index (χ2n) is 6.63. The topological polar surface area (TPSA) is 85.9 Å². The van der Waals surface area contributed by atoms with E-state index in [-0.39, 0.29) is 12.2 Å². The number of benzene rings is 3. The van der Waals surface area contributed by atoms with E-state index in [1.54, 1.807) is 31.4 Å². The van der Waals surface area contributed by atoms with Crippen LogP contribution in [0.5, 0.6) is 11.5 Å². The van der Waals surface area contributed by atoms with E-state index in [0.717, 1.165) is 11.1 Å². The van der Waals surface area contributed by atoms with Gasteiger partial charge in [-0.3, -0.25) is 20.4 Å². The van der Waals surface area contributed by atoms with Crippen LogP contribution in [0.2, 0.25) is 0 Å². The third-order valence-electron chi connectivity index (χ3n) is 4.38. The number of ether oxygens (including phenoxy) is 3. The molecule has 0 aromatic heterocycles. The van der Waals surface area contributed by atoms with Crippen LogP contribution in [-0.2, 0) is 9.53 Å². The zero-order valence-corrected chi connectivity index (χ0v) is 19.1. The fourth-order valence-electron chi connectivity index (χ4n) is 2.86. The van der Waals surface area contributed by atoms with E-state index in [0.29, 0.717) is 29.2 Å². The molecule has 2 N–H and O–H groups in total. The maximum atomic E-state index is 12.6. The molecule has 0 radical (unpaired) electrons. The van der Waals surface area contributed by atoms with Crippen molar-refractivity contribution in [1.82, 2.24) is 10.9 Å². The Morgan fingerprint density at radius 2 is 1.59 bits per heavy atom. The number of nitrogens with one attached hydrogen (secondary N) is 2. The Morgan fingerprint density at radius 3 is 2.38 bits per heavy atom. The van der Waals surface area contributed by atoms with Crippen LogP contribution in [0.25, 0.3) is 11.1 Å². The molecule has 7 nitrogen and oxygen atoms in total. The fourth-order valence-corrected chi connectivity index (χ4v) is 3.22. The van der Waals surface area contributed by atoms with Crippen molar-refractivity contribution >= 4 is 27.7 Å². The van der Waals surface area contributed by atoms with Gasteiger partial charge < -0.3 is 14.2 Å². The number of methoxy groups -OCH3 is 1. The number of carbonyl (C=O) groups is 2. The van der Waals surface area contributed by atoms with Crippen molar-refractivity contribution in [3.8, 4) is 22.6 Å². The molecule has 0 unspecified atom stereocenters. The zero-order chi connectivity index (χ0) is 22.8. The Morgan fingerprint density at radius 1 is 0.844 bits per heavy atom. The highest BCUT2D eigenvalue weighted by atomic mass is 79.9. The quantitative estimate of drug-likeness (QED) is 0.344. The first kappa shape index (κ1) is 23.3. The molecule has 0 aliphatic rings. The average Bonchev–Trinajstić information content (AvgIpc) is 2.83. The summed E-state index contributed by atoms with van der Waals surface area (Å²) in [5.74, 6) is -0.0687. The lowest BCUT2D eigenvalue weighted by molar-refractivity contribution is -0.123. The third kappa shape index (κ3) is 6.57. The molecule has 3 aromatic carbocycles. The van der Waals surface area contributed by atoms with Gasteiger partial charge in [-0.1, -0.05) is 64.5 Å². The molecule has 0 fully saturated rings. The SMILES string of the molecule is COCCOc1ccc(Br)cc1C(=O)NNC(=O)COc1ccccc1-c1ccccc1. The van der Waals surface area contributed by atoms with Gasteiger partial charge in [-0.25, -0.2) is 0 Å². The Hall–Kier alpha value is -3.36. The molecule has 0 heterocycles. The van der Waals surface area contributed by atoms with E-state index >= 15 is 0 Å². The normalized spacial score (nSPS) is 10.3. The minimum atomic E-state index is -0.517. The van der Waals surface area contributed by atoms with Gasteiger partial charge in [0.25, 0.3) is 11.8 Å². The molecule has 8 heteroatoms. The number of hydrazine groups is 1. The third-order valence-corrected chi connectivity index (χ3v) is 4.87. The highest BCUT2D eigenvalue weighted by Crippen LogP contribution is 2.29. The lowest BCUT2D eigenvalue weighted by atomic mass is 10.1. The number of hydrogen-bond donors (Lipinski definition) is 2. The van der Waals surface area contributed by atoms with Crippen molar-refractivity contribution in [2.24, 2.45) is 0 Å². The first-order valence-corrected chi connectivity index (χ1v) is 10.7. The van der Waals surface area contributed by atoms with Gasteiger partial charge in [-0.15, -0.1) is 0 Å². The fraction of sp³-hybridized carbons (Fsp3) is 0.167. The van der Waals surface area contributed by atoms with Crippen LogP contribution in [0.3, 0.4) is 0 Å². The highest BCUT2D eigenvalue weighted by molar-refractivity contribution is 9.10. The van der Waals surface area contributed by atoms with E-state index in [9.17, 15) is 9.59 Å². The number of carbonyl (C=O) groups excluding carboxylic acids is 2. The zero-order valence-electron chi connectivity index (χ0n) is 17.5. The molecule has 0 spiro atoms. The van der Waals surface area contributed by atoms with Crippen molar-refractivity contribution in [3.63, 3.8) is 0 Å². The predicted octanol–water partition coefficient (Wildman–Crippen LogP) is 3.98. The first-order valence-electron chi connectivity index (χ1n) is 9.86. The van der Waals surface area contributed by atoms with Crippen molar-refractivity contribution in [3.05, 3.63) is 82.8 Å². The van der Waals surface area contributed by atoms with Crippen LogP contribution in [0.4, 0.5) is 0 Å². The molecule has 32 heavy (non-hydrogen) atoms. The molecule has 2 amide bonds. The highest BCUT2D eigenvalue weighted by Gasteiger charge is 2.15. The lowest BCUT2D eigenvalue weighted by Crippen LogP contribution is -2.44. The van der Waals surface area contributed by atoms with Crippen LogP contribution in [0, 0.1) is 0 Å². The summed E-state index contributed by atoms with van der Waals surface area (Å²) in [6, 6.07) is 22.2. The minimum absolute atomic E-state index is 0.264. The van der Waals surface area contributed by atoms with Gasteiger partial charge in [0.15, 0.2) is 6.61 Å². The molecule has 3 aromatic rings. The van der Waals surface area contributed by atoms with Gasteiger partial charge in [0.1, 0.15) is 18.1 Å². The van der Waals surface area contributed by atoms with Crippen LogP contribution in [-0.4, -0.2) is 38.7 Å². The second-order valence-corrected chi connectivity index (χ2v) is 7.55. The number of amides is 2. The Balaban J connectivity index is 1.57. The summed E-state index contributed by atoms with van der Waals surface area (Å²) in [4.78, 5) is 24.8. The van der Waals surface area contributed by atoms with Gasteiger partial charge in [-0.05, 0) is 29.8 Å². The average molecular weight is 499 g/mol. The molecule has 0 aliphatic heterocycles. The van der Waals surface area contributed by atoms with E-state index in [4.69, 9.17) is 14.2 Å². The summed E-state index contributed by atoms with van der Waals surface area (Å²) in [5.41, 5.74) is 6.87. The van der Waals surface area contributed by atoms with Gasteiger partial charge in [-0.2, -0.15) is 0 Å². The van der Waals surface area contributed by atoms with E-state index in [1.807, 2.05) is 48.5 Å². The molecular formula is C24H23BrN2O5. The number of rotatable bonds is 9. The summed E-state index contributed by atoms with van der Waals surface area (Å²) >= 11 is 3.34. The van der Waals surface area contributed by atoms with Gasteiger partial charge in [0.05, 0.1) is 12.2 Å². The molecule has 0 aliphatic carbocycles. The van der Waals surface area contributed by atoms with Crippen molar-refractivity contribution in [1.29, 1.82) is 0 Å². The molecule has 0 bridgehead atoms.